The van der Waals surface area contributed by atoms with Crippen LogP contribution in [0, 0.1) is 0 Å². The summed E-state index contributed by atoms with van der Waals surface area (Å²) in [5.74, 6) is 0. The average Bonchev–Trinajstić information content (AvgIpc) is 2.60. The van der Waals surface area contributed by atoms with E-state index >= 15 is 0 Å². The summed E-state index contributed by atoms with van der Waals surface area (Å²) in [6.07, 6.45) is 3.39. The van der Waals surface area contributed by atoms with Crippen LogP contribution in [0.3, 0.4) is 0 Å². The van der Waals surface area contributed by atoms with Crippen molar-refractivity contribution in [1.82, 2.24) is 4.98 Å². The van der Waals surface area contributed by atoms with Gasteiger partial charge in [-0.3, -0.25) is 9.98 Å². The minimum absolute atomic E-state index is 0. The molecule has 0 fully saturated rings. The molecule has 0 aliphatic heterocycles. The van der Waals surface area contributed by atoms with Crippen LogP contribution in [0.15, 0.2) is 82.8 Å². The molecule has 0 unspecified atom stereocenters. The van der Waals surface area contributed by atoms with E-state index in [0.717, 1.165) is 11.4 Å². The van der Waals surface area contributed by atoms with Gasteiger partial charge >= 0.3 is 17.1 Å². The normalized spacial score (nSPS) is 9.67. The fraction of sp³-hybridized carbons (Fsp3) is 0. The summed E-state index contributed by atoms with van der Waals surface area (Å²) in [6.45, 7) is 0. The van der Waals surface area contributed by atoms with Crippen molar-refractivity contribution in [2.24, 2.45) is 9.98 Å². The molecular formula is C19H14Cl4FeN3. The molecule has 0 aliphatic carbocycles. The van der Waals surface area contributed by atoms with Crippen molar-refractivity contribution < 1.29 is 54.3 Å². The summed E-state index contributed by atoms with van der Waals surface area (Å²) < 4.78 is 0. The molecule has 8 heteroatoms. The molecule has 3 aromatic rings. The van der Waals surface area contributed by atoms with Gasteiger partial charge in [0, 0.05) is 5.02 Å². The molecule has 3 rings (SSSR count). The van der Waals surface area contributed by atoms with Gasteiger partial charge in [-0.05, 0) is 36.4 Å². The molecule has 0 atom stereocenters. The van der Waals surface area contributed by atoms with E-state index < -0.39 is 0 Å². The summed E-state index contributed by atoms with van der Waals surface area (Å²) in [5, 5.41) is 0.601. The molecule has 0 saturated heterocycles. The Morgan fingerprint density at radius 1 is 0.667 bits per heavy atom. The van der Waals surface area contributed by atoms with Gasteiger partial charge in [-0.25, -0.2) is 4.98 Å². The Bertz CT molecular complexity index is 776. The number of hydrogen-bond donors (Lipinski definition) is 0. The van der Waals surface area contributed by atoms with Crippen LogP contribution in [0.5, 0.6) is 0 Å². The van der Waals surface area contributed by atoms with Gasteiger partial charge in [-0.15, -0.1) is 0 Å². The van der Waals surface area contributed by atoms with E-state index in [0.29, 0.717) is 16.4 Å². The number of aromatic nitrogens is 1. The van der Waals surface area contributed by atoms with Crippen molar-refractivity contribution in [2.75, 3.05) is 0 Å². The van der Waals surface area contributed by atoms with Gasteiger partial charge in [0.15, 0.2) is 0 Å². The predicted molar refractivity (Wildman–Crippen MR) is 96.6 cm³/mol. The summed E-state index contributed by atoms with van der Waals surface area (Å²) in [6, 6.07) is 22.9. The maximum Gasteiger partial charge on any atom is 3.00 e. The first kappa shape index (κ1) is 27.8. The van der Waals surface area contributed by atoms with Gasteiger partial charge in [0.1, 0.15) is 0 Å². The van der Waals surface area contributed by atoms with Crippen molar-refractivity contribution in [3.05, 3.63) is 89.2 Å². The smallest absolute Gasteiger partial charge is 1.00 e. The quantitative estimate of drug-likeness (QED) is 0.279. The van der Waals surface area contributed by atoms with Crippen LogP contribution < -0.4 is 37.2 Å². The van der Waals surface area contributed by atoms with Crippen LogP contribution >= 0.6 is 11.6 Å². The second-order valence-corrected chi connectivity index (χ2v) is 5.26. The summed E-state index contributed by atoms with van der Waals surface area (Å²) in [5.41, 5.74) is 3.12. The molecule has 0 amide bonds. The Kier molecular flexibility index (Phi) is 15.1. The first-order valence-corrected chi connectivity index (χ1v) is 7.53. The molecule has 3 nitrogen and oxygen atoms in total. The van der Waals surface area contributed by atoms with E-state index in [1.54, 1.807) is 24.6 Å². The first-order valence-electron chi connectivity index (χ1n) is 7.15. The standard InChI is InChI=1S/C19H14ClN3.3ClH.Fe/c20-15-11-18(13-21-16-7-3-1-4-8-16)23-19(12-15)14-22-17-9-5-2-6-10-17;;;;/h1-14H;3*1H;/q;;;;+3/p-3. The number of halogens is 4. The van der Waals surface area contributed by atoms with Crippen molar-refractivity contribution >= 4 is 35.4 Å². The number of aliphatic imine (C=N–C) groups is 2. The van der Waals surface area contributed by atoms with Gasteiger partial charge in [0.2, 0.25) is 0 Å². The van der Waals surface area contributed by atoms with E-state index in [9.17, 15) is 0 Å². The third-order valence-electron chi connectivity index (χ3n) is 3.03. The molecular weight excluding hydrogens is 468 g/mol. The van der Waals surface area contributed by atoms with Crippen LogP contribution in [0.2, 0.25) is 5.02 Å². The van der Waals surface area contributed by atoms with Gasteiger partial charge in [0.25, 0.3) is 0 Å². The molecule has 2 aromatic carbocycles. The molecule has 1 heterocycles. The van der Waals surface area contributed by atoms with E-state index in [-0.39, 0.29) is 54.3 Å². The Morgan fingerprint density at radius 3 is 1.41 bits per heavy atom. The van der Waals surface area contributed by atoms with Crippen molar-refractivity contribution in [2.45, 2.75) is 0 Å². The van der Waals surface area contributed by atoms with E-state index in [2.05, 4.69) is 15.0 Å². The Balaban J connectivity index is 0. The third kappa shape index (κ3) is 9.39. The molecule has 0 spiro atoms. The first-order chi connectivity index (χ1) is 11.3. The molecule has 0 aliphatic rings. The van der Waals surface area contributed by atoms with Crippen molar-refractivity contribution in [3.63, 3.8) is 0 Å². The van der Waals surface area contributed by atoms with Gasteiger partial charge in [-0.1, -0.05) is 48.0 Å². The monoisotopic (exact) mass is 480 g/mol. The zero-order chi connectivity index (χ0) is 15.9. The zero-order valence-corrected chi connectivity index (χ0v) is 17.9. The van der Waals surface area contributed by atoms with E-state index in [4.69, 9.17) is 11.6 Å². The molecule has 141 valence electrons. The number of hydrogen-bond acceptors (Lipinski definition) is 3. The van der Waals surface area contributed by atoms with Crippen LogP contribution in [0.1, 0.15) is 11.4 Å². The number of rotatable bonds is 4. The molecule has 0 bridgehead atoms. The molecule has 27 heavy (non-hydrogen) atoms. The number of pyridine rings is 1. The summed E-state index contributed by atoms with van der Waals surface area (Å²) in [7, 11) is 0. The fourth-order valence-electron chi connectivity index (χ4n) is 1.98. The van der Waals surface area contributed by atoms with Crippen molar-refractivity contribution in [1.29, 1.82) is 0 Å². The van der Waals surface area contributed by atoms with Crippen molar-refractivity contribution in [3.8, 4) is 0 Å². The van der Waals surface area contributed by atoms with Crippen LogP contribution in [-0.2, 0) is 17.1 Å². The predicted octanol–water partition coefficient (Wildman–Crippen LogP) is -3.75. The number of benzene rings is 2. The number of para-hydroxylation sites is 2. The topological polar surface area (TPSA) is 37.6 Å². The second kappa shape index (κ2) is 14.6. The fourth-order valence-corrected chi connectivity index (χ4v) is 2.20. The maximum atomic E-state index is 6.15. The zero-order valence-electron chi connectivity index (χ0n) is 13.8. The minimum atomic E-state index is 0. The summed E-state index contributed by atoms with van der Waals surface area (Å²) >= 11 is 6.15. The Labute approximate surface area is 193 Å². The van der Waals surface area contributed by atoms with Crippen LogP contribution in [0.25, 0.3) is 0 Å². The second-order valence-electron chi connectivity index (χ2n) is 4.82. The Morgan fingerprint density at radius 2 is 1.04 bits per heavy atom. The molecule has 0 saturated carbocycles. The minimum Gasteiger partial charge on any atom is -1.00 e. The SMILES string of the molecule is Clc1cc(C=Nc2ccccc2)nc(C=Nc2ccccc2)c1.[Cl-].[Cl-].[Cl-].[Fe+3]. The molecule has 0 N–H and O–H groups in total. The van der Waals surface area contributed by atoms with Gasteiger partial charge in [-0.2, -0.15) is 0 Å². The maximum absolute atomic E-state index is 6.15. The number of nitrogens with zero attached hydrogens (tertiary/aromatic N) is 3. The van der Waals surface area contributed by atoms with Crippen LogP contribution in [-0.4, -0.2) is 17.4 Å². The van der Waals surface area contributed by atoms with Gasteiger partial charge in [0.05, 0.1) is 35.2 Å². The van der Waals surface area contributed by atoms with E-state index in [1.165, 1.54) is 0 Å². The molecule has 1 radical (unpaired) electrons. The largest absolute Gasteiger partial charge is 3.00 e. The molecule has 1 aromatic heterocycles. The average molecular weight is 482 g/mol. The van der Waals surface area contributed by atoms with Gasteiger partial charge < -0.3 is 37.2 Å². The van der Waals surface area contributed by atoms with Crippen LogP contribution in [0.4, 0.5) is 11.4 Å². The third-order valence-corrected chi connectivity index (χ3v) is 3.25. The summed E-state index contributed by atoms with van der Waals surface area (Å²) in [4.78, 5) is 13.3. The Hall–Kier alpha value is -1.39. The van der Waals surface area contributed by atoms with E-state index in [1.807, 2.05) is 60.7 Å².